The van der Waals surface area contributed by atoms with E-state index >= 15 is 4.39 Å². The number of aromatic nitrogens is 1. The van der Waals surface area contributed by atoms with E-state index in [2.05, 4.69) is 10.6 Å². The average molecular weight is 417 g/mol. The van der Waals surface area contributed by atoms with Crippen molar-refractivity contribution in [2.75, 3.05) is 25.5 Å². The van der Waals surface area contributed by atoms with Crippen molar-refractivity contribution in [2.24, 2.45) is 5.92 Å². The fourth-order valence-electron chi connectivity index (χ4n) is 4.19. The van der Waals surface area contributed by atoms with E-state index in [0.717, 1.165) is 44.6 Å². The second kappa shape index (κ2) is 8.06. The van der Waals surface area contributed by atoms with Crippen molar-refractivity contribution in [1.29, 1.82) is 0 Å². The fourth-order valence-corrected chi connectivity index (χ4v) is 4.19. The average Bonchev–Trinajstić information content (AvgIpc) is 3.58. The highest BCUT2D eigenvalue weighted by Crippen LogP contribution is 2.42. The summed E-state index contributed by atoms with van der Waals surface area (Å²) in [5, 5.41) is 15.7. The maximum Gasteiger partial charge on any atom is 0.341 e. The number of aldehydes is 1. The van der Waals surface area contributed by atoms with E-state index in [1.54, 1.807) is 4.57 Å². The zero-order valence-electron chi connectivity index (χ0n) is 16.6. The lowest BCUT2D eigenvalue weighted by atomic mass is 9.92. The first-order valence-electron chi connectivity index (χ1n) is 10.1. The van der Waals surface area contributed by atoms with E-state index in [0.29, 0.717) is 12.1 Å². The van der Waals surface area contributed by atoms with Crippen LogP contribution >= 0.6 is 0 Å². The molecule has 4 rings (SSSR count). The summed E-state index contributed by atoms with van der Waals surface area (Å²) in [4.78, 5) is 35.6. The van der Waals surface area contributed by atoms with Crippen molar-refractivity contribution in [2.45, 2.75) is 37.8 Å². The number of aromatic carboxylic acids is 1. The van der Waals surface area contributed by atoms with Gasteiger partial charge in [-0.3, -0.25) is 4.79 Å². The molecule has 8 nitrogen and oxygen atoms in total. The van der Waals surface area contributed by atoms with Crippen LogP contribution in [0.4, 0.5) is 10.1 Å². The highest BCUT2D eigenvalue weighted by Gasteiger charge is 2.31. The Balaban J connectivity index is 1.81. The number of nitrogens with one attached hydrogen (secondary N) is 2. The molecule has 2 heterocycles. The van der Waals surface area contributed by atoms with Gasteiger partial charge in [0.25, 0.3) is 0 Å². The molecule has 9 heteroatoms. The fraction of sp³-hybridized carbons (Fsp3) is 0.476. The molecule has 1 saturated carbocycles. The van der Waals surface area contributed by atoms with Crippen LogP contribution in [0.5, 0.6) is 5.75 Å². The number of carboxylic acids is 1. The molecule has 2 fully saturated rings. The summed E-state index contributed by atoms with van der Waals surface area (Å²) in [6.07, 6.45) is 5.61. The minimum absolute atomic E-state index is 0.0248. The number of hydrogen-bond donors (Lipinski definition) is 3. The molecule has 0 unspecified atom stereocenters. The second-order valence-electron chi connectivity index (χ2n) is 7.86. The lowest BCUT2D eigenvalue weighted by Gasteiger charge is -2.30. The molecule has 0 bridgehead atoms. The molecular weight excluding hydrogens is 393 g/mol. The molecule has 3 N–H and O–H groups in total. The Bertz CT molecular complexity index is 1060. The molecule has 160 valence electrons. The van der Waals surface area contributed by atoms with Gasteiger partial charge in [0.1, 0.15) is 17.5 Å². The van der Waals surface area contributed by atoms with Crippen LogP contribution < -0.4 is 20.8 Å². The third-order valence-electron chi connectivity index (χ3n) is 5.91. The first-order valence-corrected chi connectivity index (χ1v) is 10.1. The molecule has 1 aliphatic heterocycles. The van der Waals surface area contributed by atoms with Crippen LogP contribution in [-0.4, -0.2) is 48.2 Å². The van der Waals surface area contributed by atoms with Crippen molar-refractivity contribution in [3.8, 4) is 5.75 Å². The first kappa shape index (κ1) is 20.3. The summed E-state index contributed by atoms with van der Waals surface area (Å²) in [7, 11) is 1.39. The SMILES string of the molecule is COc1c(NC[C@H]2NCCC[C@H]2C=O)c(F)cc2c(=O)c(C(=O)O)cn(C3CC3)c12. The lowest BCUT2D eigenvalue weighted by Crippen LogP contribution is -2.46. The van der Waals surface area contributed by atoms with Gasteiger partial charge in [0, 0.05) is 30.7 Å². The summed E-state index contributed by atoms with van der Waals surface area (Å²) in [5.41, 5.74) is -0.661. The van der Waals surface area contributed by atoms with Crippen LogP contribution in [0.15, 0.2) is 17.1 Å². The highest BCUT2D eigenvalue weighted by atomic mass is 19.1. The molecule has 0 amide bonds. The van der Waals surface area contributed by atoms with Crippen molar-refractivity contribution in [3.05, 3.63) is 33.9 Å². The molecule has 1 aliphatic carbocycles. The quantitative estimate of drug-likeness (QED) is 0.592. The topological polar surface area (TPSA) is 110 Å². The van der Waals surface area contributed by atoms with E-state index in [1.807, 2.05) is 0 Å². The molecule has 30 heavy (non-hydrogen) atoms. The largest absolute Gasteiger partial charge is 0.492 e. The van der Waals surface area contributed by atoms with Crippen molar-refractivity contribution < 1.29 is 23.8 Å². The Kier molecular flexibility index (Phi) is 5.46. The number of pyridine rings is 1. The van der Waals surface area contributed by atoms with E-state index in [4.69, 9.17) is 4.74 Å². The van der Waals surface area contributed by atoms with Crippen molar-refractivity contribution >= 4 is 28.8 Å². The van der Waals surface area contributed by atoms with Crippen LogP contribution in [-0.2, 0) is 4.79 Å². The Hall–Kier alpha value is -2.94. The summed E-state index contributed by atoms with van der Waals surface area (Å²) < 4.78 is 22.2. The summed E-state index contributed by atoms with van der Waals surface area (Å²) >= 11 is 0. The van der Waals surface area contributed by atoms with Gasteiger partial charge < -0.3 is 29.8 Å². The normalized spacial score (nSPS) is 21.4. The number of nitrogens with zero attached hydrogens (tertiary/aromatic N) is 1. The number of methoxy groups -OCH3 is 1. The standard InChI is InChI=1S/C21H24FN3O5/c1-30-20-17(24-8-16-11(10-26)3-2-6-23-16)15(22)7-13-18(20)25(12-4-5-12)9-14(19(13)27)21(28)29/h7,9-12,16,23-24H,2-6,8H2,1H3,(H,28,29)/t11-,16+/m0/s1. The van der Waals surface area contributed by atoms with Crippen molar-refractivity contribution in [1.82, 2.24) is 9.88 Å². The van der Waals surface area contributed by atoms with Gasteiger partial charge in [-0.05, 0) is 38.3 Å². The van der Waals surface area contributed by atoms with E-state index in [1.165, 1.54) is 13.3 Å². The molecule has 2 aromatic rings. The van der Waals surface area contributed by atoms with Crippen LogP contribution in [0.25, 0.3) is 10.9 Å². The Morgan fingerprint density at radius 1 is 1.43 bits per heavy atom. The predicted molar refractivity (Wildman–Crippen MR) is 109 cm³/mol. The molecule has 0 radical (unpaired) electrons. The third-order valence-corrected chi connectivity index (χ3v) is 5.91. The summed E-state index contributed by atoms with van der Waals surface area (Å²) in [5.74, 6) is -2.06. The third kappa shape index (κ3) is 3.54. The highest BCUT2D eigenvalue weighted by molar-refractivity contribution is 5.97. The Labute approximate surface area is 172 Å². The van der Waals surface area contributed by atoms with E-state index in [-0.39, 0.29) is 34.8 Å². The number of piperidine rings is 1. The van der Waals surface area contributed by atoms with Gasteiger partial charge in [-0.15, -0.1) is 0 Å². The molecular formula is C21H24FN3O5. The summed E-state index contributed by atoms with van der Waals surface area (Å²) in [6, 6.07) is 0.966. The smallest absolute Gasteiger partial charge is 0.341 e. The number of halogens is 1. The zero-order chi connectivity index (χ0) is 21.4. The minimum Gasteiger partial charge on any atom is -0.492 e. The minimum atomic E-state index is -1.35. The number of fused-ring (bicyclic) bond motifs is 1. The predicted octanol–water partition coefficient (Wildman–Crippen LogP) is 2.16. The Morgan fingerprint density at radius 2 is 2.20 bits per heavy atom. The number of hydrogen-bond acceptors (Lipinski definition) is 6. The zero-order valence-corrected chi connectivity index (χ0v) is 16.6. The number of ether oxygens (including phenoxy) is 1. The molecule has 1 aromatic carbocycles. The summed E-state index contributed by atoms with van der Waals surface area (Å²) in [6.45, 7) is 1.09. The first-order chi connectivity index (χ1) is 14.5. The van der Waals surface area contributed by atoms with Crippen LogP contribution in [0.2, 0.25) is 0 Å². The van der Waals surface area contributed by atoms with Gasteiger partial charge in [-0.25, -0.2) is 9.18 Å². The van der Waals surface area contributed by atoms with Crippen LogP contribution in [0, 0.1) is 11.7 Å². The molecule has 0 spiro atoms. The van der Waals surface area contributed by atoms with Crippen molar-refractivity contribution in [3.63, 3.8) is 0 Å². The Morgan fingerprint density at radius 3 is 2.83 bits per heavy atom. The monoisotopic (exact) mass is 417 g/mol. The van der Waals surface area contributed by atoms with Gasteiger partial charge >= 0.3 is 5.97 Å². The molecule has 2 aliphatic rings. The van der Waals surface area contributed by atoms with Gasteiger partial charge in [-0.1, -0.05) is 0 Å². The van der Waals surface area contributed by atoms with E-state index < -0.39 is 22.8 Å². The number of anilines is 1. The van der Waals surface area contributed by atoms with Crippen LogP contribution in [0.1, 0.15) is 42.1 Å². The number of carbonyl (C=O) groups excluding carboxylic acids is 1. The maximum atomic E-state index is 15.0. The van der Waals surface area contributed by atoms with Gasteiger partial charge in [0.05, 0.1) is 18.0 Å². The lowest BCUT2D eigenvalue weighted by molar-refractivity contribution is -0.112. The van der Waals surface area contributed by atoms with Crippen LogP contribution in [0.3, 0.4) is 0 Å². The molecule has 1 saturated heterocycles. The van der Waals surface area contributed by atoms with E-state index in [9.17, 15) is 19.5 Å². The molecule has 1 aromatic heterocycles. The molecule has 2 atom stereocenters. The number of benzene rings is 1. The van der Waals surface area contributed by atoms with Gasteiger partial charge in [0.2, 0.25) is 5.43 Å². The number of carboxylic acid groups (broad SMARTS) is 1. The van der Waals surface area contributed by atoms with Gasteiger partial charge in [-0.2, -0.15) is 0 Å². The second-order valence-corrected chi connectivity index (χ2v) is 7.86. The van der Waals surface area contributed by atoms with Gasteiger partial charge in [0.15, 0.2) is 11.6 Å². The number of rotatable bonds is 7. The number of carbonyl (C=O) groups is 2. The maximum absolute atomic E-state index is 15.0.